The van der Waals surface area contributed by atoms with Crippen molar-refractivity contribution in [2.24, 2.45) is 0 Å². The molecule has 4 heteroatoms. The van der Waals surface area contributed by atoms with Gasteiger partial charge in [-0.15, -0.1) is 0 Å². The van der Waals surface area contributed by atoms with Crippen LogP contribution in [0.2, 0.25) is 0 Å². The van der Waals surface area contributed by atoms with Crippen LogP contribution < -0.4 is 0 Å². The van der Waals surface area contributed by atoms with Crippen molar-refractivity contribution in [3.8, 4) is 33.6 Å². The summed E-state index contributed by atoms with van der Waals surface area (Å²) in [6, 6.07) is 60.9. The van der Waals surface area contributed by atoms with Crippen molar-refractivity contribution in [1.82, 2.24) is 14.1 Å². The fraction of sp³-hybridized carbons (Fsp3) is 0. The summed E-state index contributed by atoms with van der Waals surface area (Å²) in [5, 5.41) is 7.06. The van der Waals surface area contributed by atoms with Crippen LogP contribution in [0, 0.1) is 5.82 Å². The van der Waals surface area contributed by atoms with Crippen LogP contribution in [0.1, 0.15) is 0 Å². The molecule has 0 bridgehead atoms. The molecule has 1 N–H and O–H groups in total. The smallest absolute Gasteiger partial charge is 0.131 e. The highest BCUT2D eigenvalue weighted by molar-refractivity contribution is 6.16. The molecule has 11 aromatic rings. The minimum absolute atomic E-state index is 0.233. The van der Waals surface area contributed by atoms with E-state index in [4.69, 9.17) is 0 Å². The monoisotopic (exact) mass is 667 g/mol. The number of H-pyrrole nitrogens is 1. The number of benzene rings is 8. The lowest BCUT2D eigenvalue weighted by Crippen LogP contribution is -1.99. The number of nitrogens with zero attached hydrogens (tertiary/aromatic N) is 2. The van der Waals surface area contributed by atoms with Crippen LogP contribution in [0.25, 0.3) is 99.0 Å². The SMILES string of the molecule is Fc1ccccc1-c1cccc2c3ccccc3n(-c3ccccc3-c3cccc4c3[nH]c3ccc(-n5c6ccccc6c6ccccc65)cc34)c12. The van der Waals surface area contributed by atoms with Gasteiger partial charge in [-0.1, -0.05) is 127 Å². The highest BCUT2D eigenvalue weighted by atomic mass is 19.1. The van der Waals surface area contributed by atoms with Crippen molar-refractivity contribution in [2.45, 2.75) is 0 Å². The number of halogens is 1. The normalized spacial score (nSPS) is 11.9. The zero-order valence-electron chi connectivity index (χ0n) is 28.0. The molecule has 3 aromatic heterocycles. The van der Waals surface area contributed by atoms with Gasteiger partial charge in [-0.2, -0.15) is 0 Å². The number of hydrogen-bond acceptors (Lipinski definition) is 0. The molecule has 0 saturated heterocycles. The van der Waals surface area contributed by atoms with E-state index >= 15 is 4.39 Å². The van der Waals surface area contributed by atoms with Gasteiger partial charge in [0.05, 0.1) is 33.3 Å². The number of nitrogens with one attached hydrogen (secondary N) is 1. The van der Waals surface area contributed by atoms with Gasteiger partial charge in [0.15, 0.2) is 0 Å². The van der Waals surface area contributed by atoms with E-state index in [0.29, 0.717) is 5.56 Å². The van der Waals surface area contributed by atoms with Crippen LogP contribution in [0.5, 0.6) is 0 Å². The molecule has 3 heterocycles. The molecule has 0 amide bonds. The summed E-state index contributed by atoms with van der Waals surface area (Å²) < 4.78 is 20.2. The number of aromatic nitrogens is 3. The molecule has 0 aliphatic rings. The van der Waals surface area contributed by atoms with Crippen molar-refractivity contribution in [2.75, 3.05) is 0 Å². The lowest BCUT2D eigenvalue weighted by atomic mass is 9.99. The molecular formula is C48H30FN3. The summed E-state index contributed by atoms with van der Waals surface area (Å²) in [7, 11) is 0. The number of hydrogen-bond donors (Lipinski definition) is 1. The number of fused-ring (bicyclic) bond motifs is 9. The first-order valence-corrected chi connectivity index (χ1v) is 17.6. The predicted molar refractivity (Wildman–Crippen MR) is 215 cm³/mol. The summed E-state index contributed by atoms with van der Waals surface area (Å²) in [6.07, 6.45) is 0. The Bertz CT molecular complexity index is 3160. The quantitative estimate of drug-likeness (QED) is 0.193. The zero-order valence-corrected chi connectivity index (χ0v) is 28.0. The minimum Gasteiger partial charge on any atom is -0.354 e. The summed E-state index contributed by atoms with van der Waals surface area (Å²) in [6.45, 7) is 0. The van der Waals surface area contributed by atoms with Gasteiger partial charge in [0.1, 0.15) is 5.82 Å². The highest BCUT2D eigenvalue weighted by Gasteiger charge is 2.21. The lowest BCUT2D eigenvalue weighted by molar-refractivity contribution is 0.631. The topological polar surface area (TPSA) is 25.6 Å². The predicted octanol–water partition coefficient (Wildman–Crippen LogP) is 13.0. The Morgan fingerprint density at radius 1 is 0.385 bits per heavy atom. The van der Waals surface area contributed by atoms with E-state index in [1.165, 1.54) is 32.6 Å². The first-order valence-electron chi connectivity index (χ1n) is 17.6. The maximum absolute atomic E-state index is 15.5. The third kappa shape index (κ3) is 4.06. The molecule has 0 spiro atoms. The summed E-state index contributed by atoms with van der Waals surface area (Å²) >= 11 is 0. The molecule has 0 radical (unpaired) electrons. The Morgan fingerprint density at radius 2 is 0.923 bits per heavy atom. The molecule has 11 rings (SSSR count). The molecule has 0 aliphatic carbocycles. The van der Waals surface area contributed by atoms with E-state index in [-0.39, 0.29) is 5.82 Å². The average Bonchev–Trinajstić information content (AvgIpc) is 3.86. The Kier molecular flexibility index (Phi) is 6.13. The minimum atomic E-state index is -0.233. The van der Waals surface area contributed by atoms with Crippen molar-refractivity contribution < 1.29 is 4.39 Å². The molecule has 0 unspecified atom stereocenters. The van der Waals surface area contributed by atoms with Crippen LogP contribution in [0.3, 0.4) is 0 Å². The molecule has 0 aliphatic heterocycles. The van der Waals surface area contributed by atoms with Gasteiger partial charge < -0.3 is 14.1 Å². The molecule has 0 atom stereocenters. The van der Waals surface area contributed by atoms with Gasteiger partial charge in [-0.25, -0.2) is 4.39 Å². The molecule has 8 aromatic carbocycles. The van der Waals surface area contributed by atoms with E-state index in [1.807, 2.05) is 24.3 Å². The lowest BCUT2D eigenvalue weighted by Gasteiger charge is -2.16. The molecule has 3 nitrogen and oxygen atoms in total. The third-order valence-electron chi connectivity index (χ3n) is 10.7. The molecule has 0 saturated carbocycles. The molecule has 0 fully saturated rings. The summed E-state index contributed by atoms with van der Waals surface area (Å²) in [5.41, 5.74) is 12.4. The van der Waals surface area contributed by atoms with E-state index in [1.54, 1.807) is 12.1 Å². The molecule has 52 heavy (non-hydrogen) atoms. The van der Waals surface area contributed by atoms with Crippen LogP contribution in [-0.4, -0.2) is 14.1 Å². The van der Waals surface area contributed by atoms with Gasteiger partial charge in [-0.05, 0) is 48.5 Å². The molecular weight excluding hydrogens is 638 g/mol. The van der Waals surface area contributed by atoms with Crippen LogP contribution >= 0.6 is 0 Å². The maximum Gasteiger partial charge on any atom is 0.131 e. The van der Waals surface area contributed by atoms with Gasteiger partial charge in [0.2, 0.25) is 0 Å². The van der Waals surface area contributed by atoms with Crippen molar-refractivity contribution in [1.29, 1.82) is 0 Å². The second kappa shape index (κ2) is 11.0. The van der Waals surface area contributed by atoms with Gasteiger partial charge in [0, 0.05) is 65.8 Å². The fourth-order valence-electron chi connectivity index (χ4n) is 8.54. The first kappa shape index (κ1) is 28.9. The standard InChI is InChI=1S/C48H30FN3/c49-41-22-6-1-13-31(41)38-20-12-21-39-35-17-5-10-26-46(35)52(48(38)39)45-25-9-4-16-34(45)36-18-11-19-37-40-29-30(27-28-42(40)50-47(36)37)51-43-23-7-2-14-32(43)33-15-3-8-24-44(33)51/h1-29,50H. The fourth-order valence-corrected chi connectivity index (χ4v) is 8.54. The van der Waals surface area contributed by atoms with Crippen LogP contribution in [0.4, 0.5) is 4.39 Å². The van der Waals surface area contributed by atoms with Crippen molar-refractivity contribution in [3.05, 3.63) is 182 Å². The van der Waals surface area contributed by atoms with Crippen LogP contribution in [-0.2, 0) is 0 Å². The van der Waals surface area contributed by atoms with Gasteiger partial charge in [0.25, 0.3) is 0 Å². The second-order valence-electron chi connectivity index (χ2n) is 13.5. The largest absolute Gasteiger partial charge is 0.354 e. The highest BCUT2D eigenvalue weighted by Crippen LogP contribution is 2.43. The summed E-state index contributed by atoms with van der Waals surface area (Å²) in [5.74, 6) is -0.233. The number of rotatable bonds is 4. The second-order valence-corrected chi connectivity index (χ2v) is 13.5. The van der Waals surface area contributed by atoms with Gasteiger partial charge >= 0.3 is 0 Å². The van der Waals surface area contributed by atoms with Crippen molar-refractivity contribution >= 4 is 65.4 Å². The zero-order chi connectivity index (χ0) is 34.3. The maximum atomic E-state index is 15.5. The van der Waals surface area contributed by atoms with Crippen molar-refractivity contribution in [3.63, 3.8) is 0 Å². The Labute approximate surface area is 298 Å². The number of para-hydroxylation sites is 6. The van der Waals surface area contributed by atoms with E-state index in [0.717, 1.165) is 60.9 Å². The Balaban J connectivity index is 1.16. The van der Waals surface area contributed by atoms with Gasteiger partial charge in [-0.3, -0.25) is 0 Å². The Morgan fingerprint density at radius 3 is 1.65 bits per heavy atom. The molecule has 244 valence electrons. The van der Waals surface area contributed by atoms with Crippen LogP contribution in [0.15, 0.2) is 176 Å². The van der Waals surface area contributed by atoms with E-state index in [9.17, 15) is 0 Å². The van der Waals surface area contributed by atoms with E-state index in [2.05, 4.69) is 154 Å². The summed E-state index contributed by atoms with van der Waals surface area (Å²) in [4.78, 5) is 3.82. The third-order valence-corrected chi connectivity index (χ3v) is 10.7. The average molecular weight is 668 g/mol. The number of aromatic amines is 1. The first-order chi connectivity index (χ1) is 25.7. The van der Waals surface area contributed by atoms with E-state index < -0.39 is 0 Å². The Hall–Kier alpha value is -6.91.